The van der Waals surface area contributed by atoms with Crippen molar-refractivity contribution in [1.82, 2.24) is 4.98 Å². The molecule has 1 aromatic heterocycles. The van der Waals surface area contributed by atoms with Crippen molar-refractivity contribution in [1.29, 1.82) is 0 Å². The van der Waals surface area contributed by atoms with Crippen LogP contribution in [0.4, 0.5) is 0 Å². The summed E-state index contributed by atoms with van der Waals surface area (Å²) in [4.78, 5) is 18.5. The number of para-hydroxylation sites is 1. The Labute approximate surface area is 103 Å². The second-order valence-electron chi connectivity index (χ2n) is 4.06. The summed E-state index contributed by atoms with van der Waals surface area (Å²) in [7, 11) is 0. The largest absolute Gasteiger partial charge is 0.364 e. The highest BCUT2D eigenvalue weighted by Crippen LogP contribution is 2.13. The van der Waals surface area contributed by atoms with E-state index in [1.54, 1.807) is 12.3 Å². The van der Waals surface area contributed by atoms with Gasteiger partial charge in [-0.25, -0.2) is 4.99 Å². The molecule has 1 aliphatic heterocycles. The zero-order valence-corrected chi connectivity index (χ0v) is 9.55. The molecule has 0 radical (unpaired) electrons. The zero-order chi connectivity index (χ0) is 12.5. The molecule has 2 aromatic rings. The van der Waals surface area contributed by atoms with E-state index in [1.165, 1.54) is 0 Å². The van der Waals surface area contributed by atoms with Gasteiger partial charge in [-0.15, -0.1) is 0 Å². The summed E-state index contributed by atoms with van der Waals surface area (Å²) >= 11 is 0. The summed E-state index contributed by atoms with van der Waals surface area (Å²) in [6.45, 7) is 0. The van der Waals surface area contributed by atoms with Crippen molar-refractivity contribution in [3.63, 3.8) is 0 Å². The molecule has 3 N–H and O–H groups in total. The zero-order valence-electron chi connectivity index (χ0n) is 9.55. The number of carbonyl (C=O) groups is 1. The number of fused-ring (bicyclic) bond motifs is 1. The van der Waals surface area contributed by atoms with Crippen LogP contribution in [0.3, 0.4) is 0 Å². The maximum Gasteiger partial charge on any atom is 0.265 e. The number of aromatic nitrogens is 1. The van der Waals surface area contributed by atoms with Gasteiger partial charge in [0.15, 0.2) is 0 Å². The number of primary amides is 1. The molecule has 0 bridgehead atoms. The Morgan fingerprint density at radius 2 is 2.11 bits per heavy atom. The quantitative estimate of drug-likeness (QED) is 0.787. The molecular weight excluding hydrogens is 226 g/mol. The molecule has 3 rings (SSSR count). The minimum Gasteiger partial charge on any atom is -0.364 e. The first-order valence-corrected chi connectivity index (χ1v) is 5.58. The second-order valence-corrected chi connectivity index (χ2v) is 4.06. The van der Waals surface area contributed by atoms with Crippen molar-refractivity contribution in [3.8, 4) is 0 Å². The van der Waals surface area contributed by atoms with E-state index in [9.17, 15) is 4.79 Å². The Kier molecular flexibility index (Phi) is 2.34. The number of amides is 1. The normalized spacial score (nSPS) is 15.0. The SMILES string of the molecule is NC(=O)c1[nH]ccc1C=C1C=c2ccccc2=N1. The van der Waals surface area contributed by atoms with Crippen LogP contribution in [0.5, 0.6) is 0 Å². The van der Waals surface area contributed by atoms with Gasteiger partial charge in [0, 0.05) is 17.0 Å². The fourth-order valence-corrected chi connectivity index (χ4v) is 1.99. The van der Waals surface area contributed by atoms with Gasteiger partial charge in [0.1, 0.15) is 5.69 Å². The van der Waals surface area contributed by atoms with Gasteiger partial charge in [-0.05, 0) is 24.3 Å². The van der Waals surface area contributed by atoms with Gasteiger partial charge in [-0.3, -0.25) is 4.79 Å². The van der Waals surface area contributed by atoms with Crippen molar-refractivity contribution in [2.75, 3.05) is 0 Å². The van der Waals surface area contributed by atoms with Crippen LogP contribution in [0.2, 0.25) is 0 Å². The van der Waals surface area contributed by atoms with Crippen LogP contribution in [0.1, 0.15) is 16.1 Å². The summed E-state index contributed by atoms with van der Waals surface area (Å²) in [5.41, 5.74) is 7.25. The van der Waals surface area contributed by atoms with Gasteiger partial charge >= 0.3 is 0 Å². The van der Waals surface area contributed by atoms with Gasteiger partial charge in [0.25, 0.3) is 5.91 Å². The molecule has 0 unspecified atom stereocenters. The molecule has 18 heavy (non-hydrogen) atoms. The van der Waals surface area contributed by atoms with Crippen LogP contribution in [-0.2, 0) is 0 Å². The molecule has 0 aliphatic carbocycles. The van der Waals surface area contributed by atoms with Crippen LogP contribution in [0.25, 0.3) is 12.2 Å². The highest BCUT2D eigenvalue weighted by molar-refractivity contribution is 5.95. The van der Waals surface area contributed by atoms with Crippen LogP contribution in [0.15, 0.2) is 47.2 Å². The number of nitrogens with zero attached hydrogens (tertiary/aromatic N) is 1. The van der Waals surface area contributed by atoms with Crippen LogP contribution < -0.4 is 16.3 Å². The lowest BCUT2D eigenvalue weighted by molar-refractivity contribution is 0.0996. The third-order valence-corrected chi connectivity index (χ3v) is 2.82. The van der Waals surface area contributed by atoms with E-state index in [0.29, 0.717) is 5.69 Å². The molecule has 4 heteroatoms. The van der Waals surface area contributed by atoms with Crippen molar-refractivity contribution >= 4 is 18.1 Å². The maximum atomic E-state index is 11.2. The third kappa shape index (κ3) is 1.73. The molecule has 0 atom stereocenters. The molecule has 1 aromatic carbocycles. The van der Waals surface area contributed by atoms with E-state index in [1.807, 2.05) is 36.4 Å². The van der Waals surface area contributed by atoms with Crippen molar-refractivity contribution in [2.45, 2.75) is 0 Å². The number of hydrogen-bond donors (Lipinski definition) is 2. The predicted molar refractivity (Wildman–Crippen MR) is 69.0 cm³/mol. The predicted octanol–water partition coefficient (Wildman–Crippen LogP) is 0.568. The summed E-state index contributed by atoms with van der Waals surface area (Å²) < 4.78 is 0. The lowest BCUT2D eigenvalue weighted by atomic mass is 10.2. The number of benzene rings is 1. The number of nitrogens with two attached hydrogens (primary N) is 1. The fraction of sp³-hybridized carbons (Fsp3) is 0. The lowest BCUT2D eigenvalue weighted by Crippen LogP contribution is -2.19. The molecule has 0 fully saturated rings. The van der Waals surface area contributed by atoms with Gasteiger partial charge in [0.05, 0.1) is 11.1 Å². The van der Waals surface area contributed by atoms with E-state index in [4.69, 9.17) is 5.73 Å². The molecule has 2 heterocycles. The topological polar surface area (TPSA) is 71.2 Å². The maximum absolute atomic E-state index is 11.2. The van der Waals surface area contributed by atoms with Crippen LogP contribution in [-0.4, -0.2) is 10.9 Å². The standard InChI is InChI=1S/C14H11N3O/c15-14(18)13-10(5-6-16-13)8-11-7-9-3-1-2-4-12(9)17-11/h1-8,16H,(H2,15,18). The minimum atomic E-state index is -0.470. The molecule has 88 valence electrons. The summed E-state index contributed by atoms with van der Waals surface area (Å²) in [6.07, 6.45) is 5.51. The van der Waals surface area contributed by atoms with Crippen LogP contribution >= 0.6 is 0 Å². The van der Waals surface area contributed by atoms with Crippen molar-refractivity contribution < 1.29 is 4.79 Å². The smallest absolute Gasteiger partial charge is 0.265 e. The number of rotatable bonds is 2. The van der Waals surface area contributed by atoms with Crippen LogP contribution in [0, 0.1) is 0 Å². The number of nitrogens with one attached hydrogen (secondary N) is 1. The lowest BCUT2D eigenvalue weighted by Gasteiger charge is -1.94. The molecule has 4 nitrogen and oxygen atoms in total. The first-order chi connectivity index (χ1) is 8.74. The Morgan fingerprint density at radius 3 is 2.89 bits per heavy atom. The fourth-order valence-electron chi connectivity index (χ4n) is 1.99. The number of carbonyl (C=O) groups excluding carboxylic acids is 1. The van der Waals surface area contributed by atoms with E-state index < -0.39 is 5.91 Å². The minimum absolute atomic E-state index is 0.405. The van der Waals surface area contributed by atoms with Crippen molar-refractivity contribution in [3.05, 3.63) is 64.1 Å². The van der Waals surface area contributed by atoms with E-state index in [0.717, 1.165) is 21.8 Å². The van der Waals surface area contributed by atoms with Crippen molar-refractivity contribution in [2.24, 2.45) is 10.7 Å². The summed E-state index contributed by atoms with van der Waals surface area (Å²) in [6, 6.07) is 9.69. The molecular formula is C14H11N3O. The van der Waals surface area contributed by atoms with Gasteiger partial charge < -0.3 is 10.7 Å². The Morgan fingerprint density at radius 1 is 1.28 bits per heavy atom. The molecule has 0 saturated heterocycles. The first kappa shape index (κ1) is 10.5. The third-order valence-electron chi connectivity index (χ3n) is 2.82. The van der Waals surface area contributed by atoms with Gasteiger partial charge in [-0.2, -0.15) is 0 Å². The molecule has 0 saturated carbocycles. The molecule has 1 aliphatic rings. The first-order valence-electron chi connectivity index (χ1n) is 5.58. The molecule has 1 amide bonds. The van der Waals surface area contributed by atoms with E-state index in [2.05, 4.69) is 9.98 Å². The van der Waals surface area contributed by atoms with E-state index in [-0.39, 0.29) is 0 Å². The van der Waals surface area contributed by atoms with E-state index >= 15 is 0 Å². The Balaban J connectivity index is 2.08. The highest BCUT2D eigenvalue weighted by atomic mass is 16.1. The monoisotopic (exact) mass is 237 g/mol. The van der Waals surface area contributed by atoms with Gasteiger partial charge in [0.2, 0.25) is 0 Å². The second kappa shape index (κ2) is 4.00. The average molecular weight is 237 g/mol. The average Bonchev–Trinajstić information content (AvgIpc) is 2.94. The number of hydrogen-bond acceptors (Lipinski definition) is 2. The Bertz CT molecular complexity index is 731. The van der Waals surface area contributed by atoms with Gasteiger partial charge in [-0.1, -0.05) is 18.2 Å². The highest BCUT2D eigenvalue weighted by Gasteiger charge is 2.08. The number of allylic oxidation sites excluding steroid dienone is 1. The number of aromatic amines is 1. The summed E-state index contributed by atoms with van der Waals surface area (Å²) in [5, 5.41) is 2.03. The Hall–Kier alpha value is -2.62. The number of H-pyrrole nitrogens is 1. The summed E-state index contributed by atoms with van der Waals surface area (Å²) in [5.74, 6) is -0.470. The molecule has 0 spiro atoms.